The molecule has 1 aliphatic rings. The number of hydrogen-bond acceptors (Lipinski definition) is 3. The van der Waals surface area contributed by atoms with Crippen molar-refractivity contribution >= 4 is 0 Å². The lowest BCUT2D eigenvalue weighted by Gasteiger charge is -2.26. The molecule has 1 aliphatic carbocycles. The number of rotatable bonds is 4. The molecule has 3 heteroatoms. The maximum atomic E-state index is 5.49. The highest BCUT2D eigenvalue weighted by atomic mass is 16.3. The van der Waals surface area contributed by atoms with E-state index in [1.54, 1.807) is 0 Å². The van der Waals surface area contributed by atoms with Crippen molar-refractivity contribution in [2.45, 2.75) is 38.3 Å². The molecule has 16 heavy (non-hydrogen) atoms. The Morgan fingerprint density at radius 2 is 2.38 bits per heavy atom. The van der Waals surface area contributed by atoms with E-state index >= 15 is 0 Å². The van der Waals surface area contributed by atoms with Crippen LogP contribution in [0.3, 0.4) is 0 Å². The molecule has 2 atom stereocenters. The van der Waals surface area contributed by atoms with E-state index in [0.29, 0.717) is 12.1 Å². The summed E-state index contributed by atoms with van der Waals surface area (Å²) >= 11 is 0. The first kappa shape index (κ1) is 11.7. The number of aryl methyl sites for hydroxylation is 1. The first-order chi connectivity index (χ1) is 7.68. The average Bonchev–Trinajstić information content (AvgIpc) is 2.73. The molecule has 1 N–H and O–H groups in total. The summed E-state index contributed by atoms with van der Waals surface area (Å²) in [6, 6.07) is 3.18. The lowest BCUT2D eigenvalue weighted by Crippen LogP contribution is -2.37. The van der Waals surface area contributed by atoms with Crippen molar-refractivity contribution in [2.24, 2.45) is 0 Å². The molecule has 2 rings (SSSR count). The Balaban J connectivity index is 1.93. The first-order valence-corrected chi connectivity index (χ1v) is 6.14. The van der Waals surface area contributed by atoms with Gasteiger partial charge in [0.25, 0.3) is 0 Å². The number of hydrogen-bond donors (Lipinski definition) is 1. The molecule has 90 valence electrons. The smallest absolute Gasteiger partial charge is 0.108 e. The SMILES string of the molecule is CC(CNC1CCCc2occc21)N(C)C. The molecule has 3 nitrogen and oxygen atoms in total. The zero-order valence-electron chi connectivity index (χ0n) is 10.5. The summed E-state index contributed by atoms with van der Waals surface area (Å²) in [6.07, 6.45) is 5.38. The van der Waals surface area contributed by atoms with E-state index in [2.05, 4.69) is 37.3 Å². The van der Waals surface area contributed by atoms with Crippen molar-refractivity contribution in [1.29, 1.82) is 0 Å². The fraction of sp³-hybridized carbons (Fsp3) is 0.692. The van der Waals surface area contributed by atoms with E-state index < -0.39 is 0 Å². The number of fused-ring (bicyclic) bond motifs is 1. The van der Waals surface area contributed by atoms with Crippen molar-refractivity contribution < 1.29 is 4.42 Å². The molecular formula is C13H22N2O. The van der Waals surface area contributed by atoms with Gasteiger partial charge in [-0.1, -0.05) is 0 Å². The Bertz CT molecular complexity index is 332. The second-order valence-corrected chi connectivity index (χ2v) is 4.96. The topological polar surface area (TPSA) is 28.4 Å². The van der Waals surface area contributed by atoms with Crippen molar-refractivity contribution in [3.8, 4) is 0 Å². The third-order valence-electron chi connectivity index (χ3n) is 3.59. The van der Waals surface area contributed by atoms with Crippen LogP contribution in [-0.4, -0.2) is 31.6 Å². The van der Waals surface area contributed by atoms with Gasteiger partial charge in [-0.15, -0.1) is 0 Å². The largest absolute Gasteiger partial charge is 0.469 e. The summed E-state index contributed by atoms with van der Waals surface area (Å²) in [5, 5.41) is 3.64. The van der Waals surface area contributed by atoms with E-state index in [1.165, 1.54) is 24.2 Å². The van der Waals surface area contributed by atoms with Gasteiger partial charge in [0.15, 0.2) is 0 Å². The summed E-state index contributed by atoms with van der Waals surface area (Å²) in [4.78, 5) is 2.24. The second kappa shape index (κ2) is 5.02. The quantitative estimate of drug-likeness (QED) is 0.846. The van der Waals surface area contributed by atoms with E-state index in [4.69, 9.17) is 4.42 Å². The zero-order valence-corrected chi connectivity index (χ0v) is 10.5. The van der Waals surface area contributed by atoms with Crippen LogP contribution >= 0.6 is 0 Å². The van der Waals surface area contributed by atoms with Crippen LogP contribution < -0.4 is 5.32 Å². The third-order valence-corrected chi connectivity index (χ3v) is 3.59. The van der Waals surface area contributed by atoms with Gasteiger partial charge in [0.2, 0.25) is 0 Å². The normalized spacial score (nSPS) is 22.1. The molecule has 1 aromatic heterocycles. The fourth-order valence-corrected chi connectivity index (χ4v) is 2.19. The summed E-state index contributed by atoms with van der Waals surface area (Å²) in [5.74, 6) is 1.18. The van der Waals surface area contributed by atoms with Gasteiger partial charge in [0.05, 0.1) is 6.26 Å². The summed E-state index contributed by atoms with van der Waals surface area (Å²) in [5.41, 5.74) is 1.37. The molecule has 1 heterocycles. The van der Waals surface area contributed by atoms with Crippen LogP contribution in [-0.2, 0) is 6.42 Å². The molecule has 0 amide bonds. The van der Waals surface area contributed by atoms with E-state index in [9.17, 15) is 0 Å². The van der Waals surface area contributed by atoms with E-state index in [-0.39, 0.29) is 0 Å². The predicted octanol–water partition coefficient (Wildman–Crippen LogP) is 2.20. The van der Waals surface area contributed by atoms with Crippen LogP contribution in [0, 0.1) is 0 Å². The van der Waals surface area contributed by atoms with Gasteiger partial charge in [0.1, 0.15) is 5.76 Å². The van der Waals surface area contributed by atoms with Gasteiger partial charge in [0, 0.05) is 30.6 Å². The highest BCUT2D eigenvalue weighted by molar-refractivity contribution is 5.24. The minimum atomic E-state index is 0.491. The van der Waals surface area contributed by atoms with Crippen molar-refractivity contribution in [3.63, 3.8) is 0 Å². The van der Waals surface area contributed by atoms with Gasteiger partial charge in [-0.2, -0.15) is 0 Å². The molecule has 0 aliphatic heterocycles. The van der Waals surface area contributed by atoms with E-state index in [1.807, 2.05) is 6.26 Å². The molecule has 0 saturated heterocycles. The van der Waals surface area contributed by atoms with Gasteiger partial charge < -0.3 is 14.6 Å². The molecule has 0 fully saturated rings. The molecule has 2 unspecified atom stereocenters. The molecule has 0 bridgehead atoms. The van der Waals surface area contributed by atoms with Crippen LogP contribution in [0.4, 0.5) is 0 Å². The molecule has 0 radical (unpaired) electrons. The van der Waals surface area contributed by atoms with Crippen LogP contribution in [0.15, 0.2) is 16.7 Å². The molecule has 0 saturated carbocycles. The lowest BCUT2D eigenvalue weighted by molar-refractivity contribution is 0.286. The van der Waals surface area contributed by atoms with Gasteiger partial charge >= 0.3 is 0 Å². The summed E-state index contributed by atoms with van der Waals surface area (Å²) in [7, 11) is 4.24. The third kappa shape index (κ3) is 2.47. The standard InChI is InChI=1S/C13H22N2O/c1-10(15(2)3)9-14-12-5-4-6-13-11(12)7-8-16-13/h7-8,10,12,14H,4-6,9H2,1-3H3. The minimum absolute atomic E-state index is 0.491. The molecule has 1 aromatic rings. The van der Waals surface area contributed by atoms with Gasteiger partial charge in [-0.25, -0.2) is 0 Å². The Kier molecular flexibility index (Phi) is 3.66. The monoisotopic (exact) mass is 222 g/mol. The van der Waals surface area contributed by atoms with Crippen molar-refractivity contribution in [3.05, 3.63) is 23.7 Å². The maximum Gasteiger partial charge on any atom is 0.108 e. The average molecular weight is 222 g/mol. The van der Waals surface area contributed by atoms with Crippen LogP contribution in [0.5, 0.6) is 0 Å². The minimum Gasteiger partial charge on any atom is -0.469 e. The van der Waals surface area contributed by atoms with Crippen LogP contribution in [0.1, 0.15) is 37.1 Å². The Morgan fingerprint density at radius 3 is 3.12 bits per heavy atom. The maximum absolute atomic E-state index is 5.49. The van der Waals surface area contributed by atoms with Crippen LogP contribution in [0.25, 0.3) is 0 Å². The van der Waals surface area contributed by atoms with Crippen LogP contribution in [0.2, 0.25) is 0 Å². The Morgan fingerprint density at radius 1 is 1.56 bits per heavy atom. The number of likely N-dealkylation sites (N-methyl/N-ethyl adjacent to an activating group) is 1. The molecular weight excluding hydrogens is 200 g/mol. The van der Waals surface area contributed by atoms with E-state index in [0.717, 1.165) is 13.0 Å². The highest BCUT2D eigenvalue weighted by Crippen LogP contribution is 2.30. The van der Waals surface area contributed by atoms with Crippen molar-refractivity contribution in [2.75, 3.05) is 20.6 Å². The Hall–Kier alpha value is -0.800. The van der Waals surface area contributed by atoms with Crippen molar-refractivity contribution in [1.82, 2.24) is 10.2 Å². The Labute approximate surface area is 97.8 Å². The fourth-order valence-electron chi connectivity index (χ4n) is 2.19. The van der Waals surface area contributed by atoms with Gasteiger partial charge in [-0.05, 0) is 39.9 Å². The highest BCUT2D eigenvalue weighted by Gasteiger charge is 2.22. The van der Waals surface area contributed by atoms with Gasteiger partial charge in [-0.3, -0.25) is 0 Å². The predicted molar refractivity (Wildman–Crippen MR) is 65.5 cm³/mol. The lowest BCUT2D eigenvalue weighted by atomic mass is 9.93. The number of nitrogens with zero attached hydrogens (tertiary/aromatic N) is 1. The zero-order chi connectivity index (χ0) is 11.5. The number of furan rings is 1. The summed E-state index contributed by atoms with van der Waals surface area (Å²) < 4.78 is 5.49. The summed E-state index contributed by atoms with van der Waals surface area (Å²) in [6.45, 7) is 3.27. The first-order valence-electron chi connectivity index (χ1n) is 6.14. The molecule has 0 spiro atoms. The molecule has 0 aromatic carbocycles. The second-order valence-electron chi connectivity index (χ2n) is 4.96. The number of nitrogens with one attached hydrogen (secondary N) is 1.